The molecule has 2 fully saturated rings. The van der Waals surface area contributed by atoms with Crippen molar-refractivity contribution in [3.8, 4) is 0 Å². The number of methoxy groups -OCH3 is 1. The lowest BCUT2D eigenvalue weighted by molar-refractivity contribution is -0.150. The molecule has 33 heavy (non-hydrogen) atoms. The number of fused-ring (bicyclic) bond motifs is 1. The monoisotopic (exact) mass is 476 g/mol. The number of amides is 2. The van der Waals surface area contributed by atoms with Crippen LogP contribution in [0, 0.1) is 5.92 Å². The summed E-state index contributed by atoms with van der Waals surface area (Å²) in [5.74, 6) is -3.11. The molecular formula is C21H25F5N4O3. The van der Waals surface area contributed by atoms with Gasteiger partial charge in [-0.1, -0.05) is 6.07 Å². The first-order chi connectivity index (χ1) is 15.5. The Morgan fingerprint density at radius 3 is 2.79 bits per heavy atom. The Hall–Kier alpha value is -2.47. The summed E-state index contributed by atoms with van der Waals surface area (Å²) >= 11 is 0. The zero-order valence-electron chi connectivity index (χ0n) is 17.9. The second-order valence-electron chi connectivity index (χ2n) is 8.68. The molecule has 2 heterocycles. The predicted octanol–water partition coefficient (Wildman–Crippen LogP) is 4.30. The number of nitrogens with one attached hydrogen (secondary N) is 1. The van der Waals surface area contributed by atoms with Crippen LogP contribution in [0.5, 0.6) is 0 Å². The van der Waals surface area contributed by atoms with Gasteiger partial charge in [0.1, 0.15) is 11.6 Å². The molecule has 1 saturated heterocycles. The van der Waals surface area contributed by atoms with Gasteiger partial charge in [-0.3, -0.25) is 0 Å². The van der Waals surface area contributed by atoms with Crippen molar-refractivity contribution in [2.75, 3.05) is 20.3 Å². The third kappa shape index (κ3) is 4.91. The van der Waals surface area contributed by atoms with E-state index in [4.69, 9.17) is 14.9 Å². The lowest BCUT2D eigenvalue weighted by atomic mass is 9.82. The molecule has 2 aliphatic rings. The maximum atomic E-state index is 13.8. The third-order valence-electron chi connectivity index (χ3n) is 6.32. The van der Waals surface area contributed by atoms with Crippen LogP contribution in [-0.2, 0) is 4.74 Å². The predicted molar refractivity (Wildman–Crippen MR) is 108 cm³/mol. The second-order valence-corrected chi connectivity index (χ2v) is 8.68. The molecule has 1 aliphatic heterocycles. The van der Waals surface area contributed by atoms with Crippen LogP contribution < -0.4 is 11.1 Å². The fourth-order valence-electron chi connectivity index (χ4n) is 4.57. The number of hydrogen-bond acceptors (Lipinski definition) is 5. The van der Waals surface area contributed by atoms with Crippen molar-refractivity contribution in [3.05, 3.63) is 29.7 Å². The van der Waals surface area contributed by atoms with Gasteiger partial charge in [0.05, 0.1) is 25.2 Å². The molecule has 1 aromatic heterocycles. The van der Waals surface area contributed by atoms with Gasteiger partial charge in [-0.25, -0.2) is 18.6 Å². The van der Waals surface area contributed by atoms with Crippen LogP contribution in [0.2, 0.25) is 0 Å². The minimum atomic E-state index is -4.57. The molecule has 0 spiro atoms. The van der Waals surface area contributed by atoms with E-state index in [2.05, 4.69) is 4.98 Å². The molecule has 2 amide bonds. The summed E-state index contributed by atoms with van der Waals surface area (Å²) in [7, 11) is 1.38. The number of nitrogens with zero attached hydrogens (tertiary/aromatic N) is 2. The quantitative estimate of drug-likeness (QED) is 0.607. The first-order valence-corrected chi connectivity index (χ1v) is 10.6. The van der Waals surface area contributed by atoms with Gasteiger partial charge < -0.3 is 25.1 Å². The number of rotatable bonds is 6. The van der Waals surface area contributed by atoms with E-state index in [0.29, 0.717) is 29.5 Å². The molecule has 4 rings (SSSR count). The molecule has 1 saturated carbocycles. The average Bonchev–Trinajstić information content (AvgIpc) is 3.33. The minimum Gasteiger partial charge on any atom is -0.439 e. The van der Waals surface area contributed by atoms with Gasteiger partial charge in [0.2, 0.25) is 11.8 Å². The standard InChI is InChI=1S/C21H25F5N4O3/c1-32-10-14(30-9-16(21(24,25)26)29-19(30)31)11-4-5-15-13(7-11)28-18(33-15)17(27)12-3-2-6-20(22,23)8-12/h4-5,7,12,14,16-17H,2-3,6,8-10,27H2,1H3,(H,29,31)/t12-,14?,16-,17-/m0/s1. The van der Waals surface area contributed by atoms with E-state index >= 15 is 0 Å². The summed E-state index contributed by atoms with van der Waals surface area (Å²) < 4.78 is 77.7. The van der Waals surface area contributed by atoms with E-state index in [1.807, 2.05) is 5.32 Å². The number of nitrogens with two attached hydrogens (primary N) is 1. The maximum Gasteiger partial charge on any atom is 0.410 e. The highest BCUT2D eigenvalue weighted by atomic mass is 19.4. The Morgan fingerprint density at radius 2 is 2.15 bits per heavy atom. The molecule has 0 radical (unpaired) electrons. The van der Waals surface area contributed by atoms with E-state index in [0.717, 1.165) is 4.90 Å². The molecular weight excluding hydrogens is 451 g/mol. The van der Waals surface area contributed by atoms with Crippen LogP contribution in [0.25, 0.3) is 11.1 Å². The largest absolute Gasteiger partial charge is 0.439 e. The van der Waals surface area contributed by atoms with Crippen LogP contribution >= 0.6 is 0 Å². The third-order valence-corrected chi connectivity index (χ3v) is 6.32. The highest BCUT2D eigenvalue weighted by Crippen LogP contribution is 2.41. The highest BCUT2D eigenvalue weighted by molar-refractivity contribution is 5.78. The molecule has 0 bridgehead atoms. The van der Waals surface area contributed by atoms with Gasteiger partial charge in [-0.15, -0.1) is 0 Å². The van der Waals surface area contributed by atoms with Gasteiger partial charge in [-0.2, -0.15) is 13.2 Å². The van der Waals surface area contributed by atoms with Gasteiger partial charge in [0, 0.05) is 20.0 Å². The number of alkyl halides is 5. The highest BCUT2D eigenvalue weighted by Gasteiger charge is 2.48. The lowest BCUT2D eigenvalue weighted by Crippen LogP contribution is -2.40. The number of hydrogen-bond donors (Lipinski definition) is 2. The van der Waals surface area contributed by atoms with Crippen molar-refractivity contribution >= 4 is 17.1 Å². The number of oxazole rings is 1. The summed E-state index contributed by atoms with van der Waals surface area (Å²) in [6.45, 7) is -0.593. The van der Waals surface area contributed by atoms with E-state index in [1.165, 1.54) is 7.11 Å². The Balaban J connectivity index is 1.58. The number of aromatic nitrogens is 1. The van der Waals surface area contributed by atoms with Crippen molar-refractivity contribution in [2.45, 2.75) is 55.9 Å². The number of benzene rings is 1. The van der Waals surface area contributed by atoms with Crippen molar-refractivity contribution in [1.29, 1.82) is 0 Å². The van der Waals surface area contributed by atoms with Gasteiger partial charge in [0.15, 0.2) is 5.58 Å². The average molecular weight is 476 g/mol. The summed E-state index contributed by atoms with van der Waals surface area (Å²) in [5, 5.41) is 1.95. The smallest absolute Gasteiger partial charge is 0.410 e. The van der Waals surface area contributed by atoms with E-state index in [-0.39, 0.29) is 25.3 Å². The topological polar surface area (TPSA) is 93.6 Å². The van der Waals surface area contributed by atoms with Gasteiger partial charge >= 0.3 is 12.2 Å². The van der Waals surface area contributed by atoms with Crippen molar-refractivity contribution in [3.63, 3.8) is 0 Å². The first kappa shape index (κ1) is 23.7. The molecule has 1 unspecified atom stereocenters. The van der Waals surface area contributed by atoms with E-state index in [1.54, 1.807) is 18.2 Å². The Bertz CT molecular complexity index is 1010. The van der Waals surface area contributed by atoms with Crippen LogP contribution in [0.3, 0.4) is 0 Å². The molecule has 1 aromatic carbocycles. The number of halogens is 5. The summed E-state index contributed by atoms with van der Waals surface area (Å²) in [6.07, 6.45) is -4.16. The molecule has 3 N–H and O–H groups in total. The van der Waals surface area contributed by atoms with Crippen molar-refractivity contribution in [2.24, 2.45) is 11.7 Å². The Kier molecular flexibility index (Phi) is 6.25. The molecule has 7 nitrogen and oxygen atoms in total. The Labute approximate surface area is 186 Å². The number of ether oxygens (including phenoxy) is 1. The van der Waals surface area contributed by atoms with Crippen LogP contribution in [0.15, 0.2) is 22.6 Å². The van der Waals surface area contributed by atoms with Crippen LogP contribution in [-0.4, -0.2) is 54.3 Å². The summed E-state index contributed by atoms with van der Waals surface area (Å²) in [6, 6.07) is 0.342. The van der Waals surface area contributed by atoms with Crippen molar-refractivity contribution in [1.82, 2.24) is 15.2 Å². The van der Waals surface area contributed by atoms with Crippen molar-refractivity contribution < 1.29 is 35.9 Å². The van der Waals surface area contributed by atoms with Gasteiger partial charge in [0.25, 0.3) is 0 Å². The minimum absolute atomic E-state index is 0.0368. The number of carbonyl (C=O) groups excluding carboxylic acids is 1. The second kappa shape index (κ2) is 8.71. The van der Waals surface area contributed by atoms with Crippen LogP contribution in [0.1, 0.15) is 49.2 Å². The number of carbonyl (C=O) groups is 1. The SMILES string of the molecule is COCC(c1ccc2oc([C@@H](N)[C@H]3CCCC(F)(F)C3)nc2c1)N1C[C@@H](C(F)(F)F)NC1=O. The molecule has 4 atom stereocenters. The van der Waals surface area contributed by atoms with Crippen LogP contribution in [0.4, 0.5) is 26.7 Å². The fourth-order valence-corrected chi connectivity index (χ4v) is 4.57. The Morgan fingerprint density at radius 1 is 1.39 bits per heavy atom. The zero-order chi connectivity index (χ0) is 24.0. The lowest BCUT2D eigenvalue weighted by Gasteiger charge is -2.31. The summed E-state index contributed by atoms with van der Waals surface area (Å²) in [5.41, 5.74) is 7.43. The van der Waals surface area contributed by atoms with E-state index in [9.17, 15) is 26.7 Å². The number of urea groups is 1. The molecule has 182 valence electrons. The van der Waals surface area contributed by atoms with E-state index < -0.39 is 48.7 Å². The normalized spacial score (nSPS) is 25.3. The maximum absolute atomic E-state index is 13.8. The molecule has 2 aromatic rings. The van der Waals surface area contributed by atoms with Gasteiger partial charge in [-0.05, 0) is 36.5 Å². The first-order valence-electron chi connectivity index (χ1n) is 10.6. The zero-order valence-corrected chi connectivity index (χ0v) is 17.9. The summed E-state index contributed by atoms with van der Waals surface area (Å²) in [4.78, 5) is 17.7. The molecule has 12 heteroatoms. The molecule has 1 aliphatic carbocycles. The fraction of sp³-hybridized carbons (Fsp3) is 0.619.